The van der Waals surface area contributed by atoms with Crippen LogP contribution in [0.3, 0.4) is 0 Å². The van der Waals surface area contributed by atoms with Gasteiger partial charge in [0.2, 0.25) is 5.91 Å². The fourth-order valence-corrected chi connectivity index (χ4v) is 2.47. The summed E-state index contributed by atoms with van der Waals surface area (Å²) < 4.78 is 0. The van der Waals surface area contributed by atoms with E-state index in [9.17, 15) is 9.59 Å². The van der Waals surface area contributed by atoms with Crippen LogP contribution in [0.1, 0.15) is 24.8 Å². The number of hydrogen-bond acceptors (Lipinski definition) is 4. The van der Waals surface area contributed by atoms with E-state index in [0.717, 1.165) is 31.5 Å². The average Bonchev–Trinajstić information content (AvgIpc) is 3.00. The molecular formula is C15H21N3O3. The van der Waals surface area contributed by atoms with Crippen molar-refractivity contribution in [1.82, 2.24) is 14.8 Å². The molecule has 1 aliphatic heterocycles. The predicted molar refractivity (Wildman–Crippen MR) is 77.6 cm³/mol. The number of nitrogens with zero attached hydrogens (tertiary/aromatic N) is 3. The van der Waals surface area contributed by atoms with Crippen LogP contribution in [0.5, 0.6) is 0 Å². The molecule has 2 rings (SSSR count). The van der Waals surface area contributed by atoms with Gasteiger partial charge in [-0.1, -0.05) is 0 Å². The second-order valence-electron chi connectivity index (χ2n) is 5.30. The van der Waals surface area contributed by atoms with Crippen LogP contribution in [0.4, 0.5) is 0 Å². The van der Waals surface area contributed by atoms with Gasteiger partial charge in [-0.05, 0) is 30.5 Å². The van der Waals surface area contributed by atoms with Crippen molar-refractivity contribution >= 4 is 11.9 Å². The number of hydrogen-bond donors (Lipinski definition) is 1. The standard InChI is InChI=1S/C15H21N3O3/c19-14(18-8-1-2-9-18)12-17(10-5-15(20)21)11-13-3-6-16-7-4-13/h3-4,6-7H,1-2,5,8-12H2,(H,20,21). The third-order valence-corrected chi connectivity index (χ3v) is 3.62. The van der Waals surface area contributed by atoms with Crippen LogP contribution >= 0.6 is 0 Å². The van der Waals surface area contributed by atoms with Gasteiger partial charge in [0.25, 0.3) is 0 Å². The molecule has 0 bridgehead atoms. The number of carbonyl (C=O) groups excluding carboxylic acids is 1. The fraction of sp³-hybridized carbons (Fsp3) is 0.533. The number of aliphatic carboxylic acids is 1. The second-order valence-corrected chi connectivity index (χ2v) is 5.30. The molecule has 1 saturated heterocycles. The zero-order chi connectivity index (χ0) is 15.1. The molecule has 6 nitrogen and oxygen atoms in total. The van der Waals surface area contributed by atoms with Gasteiger partial charge in [-0.2, -0.15) is 0 Å². The number of amides is 1. The summed E-state index contributed by atoms with van der Waals surface area (Å²) in [6.07, 6.45) is 5.56. The molecule has 0 aromatic carbocycles. The Bertz CT molecular complexity index is 472. The predicted octanol–water partition coefficient (Wildman–Crippen LogP) is 0.981. The van der Waals surface area contributed by atoms with E-state index in [1.807, 2.05) is 21.9 Å². The maximum absolute atomic E-state index is 12.2. The third kappa shape index (κ3) is 5.15. The summed E-state index contributed by atoms with van der Waals surface area (Å²) in [5, 5.41) is 8.84. The molecule has 0 saturated carbocycles. The molecule has 0 aliphatic carbocycles. The first-order valence-electron chi connectivity index (χ1n) is 7.26. The smallest absolute Gasteiger partial charge is 0.304 e. The van der Waals surface area contributed by atoms with Gasteiger partial charge >= 0.3 is 5.97 Å². The number of aromatic nitrogens is 1. The van der Waals surface area contributed by atoms with E-state index >= 15 is 0 Å². The SMILES string of the molecule is O=C(O)CCN(CC(=O)N1CCCC1)Cc1ccncc1. The Hall–Kier alpha value is -1.95. The molecule has 6 heteroatoms. The van der Waals surface area contributed by atoms with Gasteiger partial charge in [0.1, 0.15) is 0 Å². The molecule has 1 aliphatic rings. The Balaban J connectivity index is 1.94. The molecule has 21 heavy (non-hydrogen) atoms. The highest BCUT2D eigenvalue weighted by molar-refractivity contribution is 5.78. The monoisotopic (exact) mass is 291 g/mol. The lowest BCUT2D eigenvalue weighted by Gasteiger charge is -2.24. The first-order chi connectivity index (χ1) is 10.1. The molecule has 0 spiro atoms. The minimum Gasteiger partial charge on any atom is -0.481 e. The summed E-state index contributed by atoms with van der Waals surface area (Å²) in [6, 6.07) is 3.77. The van der Waals surface area contributed by atoms with Crippen LogP contribution in [-0.4, -0.2) is 57.9 Å². The van der Waals surface area contributed by atoms with Gasteiger partial charge in [-0.25, -0.2) is 0 Å². The highest BCUT2D eigenvalue weighted by atomic mass is 16.4. The van der Waals surface area contributed by atoms with E-state index in [-0.39, 0.29) is 18.9 Å². The van der Waals surface area contributed by atoms with Gasteiger partial charge in [-0.15, -0.1) is 0 Å². The molecule has 1 fully saturated rings. The molecule has 0 atom stereocenters. The van der Waals surface area contributed by atoms with Crippen molar-refractivity contribution in [2.75, 3.05) is 26.2 Å². The van der Waals surface area contributed by atoms with E-state index < -0.39 is 5.97 Å². The normalized spacial score (nSPS) is 14.6. The zero-order valence-electron chi connectivity index (χ0n) is 12.1. The van der Waals surface area contributed by atoms with Crippen molar-refractivity contribution in [2.24, 2.45) is 0 Å². The van der Waals surface area contributed by atoms with Crippen molar-refractivity contribution in [3.05, 3.63) is 30.1 Å². The number of likely N-dealkylation sites (tertiary alicyclic amines) is 1. The van der Waals surface area contributed by atoms with Gasteiger partial charge in [-0.3, -0.25) is 19.5 Å². The quantitative estimate of drug-likeness (QED) is 0.810. The number of carboxylic acid groups (broad SMARTS) is 1. The Morgan fingerprint density at radius 2 is 1.90 bits per heavy atom. The number of rotatable bonds is 7. The minimum atomic E-state index is -0.844. The molecule has 1 aromatic heterocycles. The molecule has 1 aromatic rings. The lowest BCUT2D eigenvalue weighted by atomic mass is 10.2. The summed E-state index contributed by atoms with van der Waals surface area (Å²) in [5.74, 6) is -0.754. The molecule has 1 N–H and O–H groups in total. The number of carboxylic acids is 1. The van der Waals surface area contributed by atoms with Gasteiger partial charge in [0.15, 0.2) is 0 Å². The fourth-order valence-electron chi connectivity index (χ4n) is 2.47. The number of pyridine rings is 1. The first kappa shape index (κ1) is 15.4. The van der Waals surface area contributed by atoms with E-state index in [2.05, 4.69) is 4.98 Å². The van der Waals surface area contributed by atoms with Gasteiger partial charge in [0, 0.05) is 38.6 Å². The van der Waals surface area contributed by atoms with Gasteiger partial charge in [0.05, 0.1) is 13.0 Å². The largest absolute Gasteiger partial charge is 0.481 e. The van der Waals surface area contributed by atoms with Crippen LogP contribution in [-0.2, 0) is 16.1 Å². The zero-order valence-corrected chi connectivity index (χ0v) is 12.1. The van der Waals surface area contributed by atoms with Gasteiger partial charge < -0.3 is 10.0 Å². The van der Waals surface area contributed by atoms with Crippen molar-refractivity contribution in [1.29, 1.82) is 0 Å². The summed E-state index contributed by atoms with van der Waals surface area (Å²) in [4.78, 5) is 30.7. The molecule has 0 unspecified atom stereocenters. The maximum atomic E-state index is 12.2. The van der Waals surface area contributed by atoms with E-state index in [1.165, 1.54) is 0 Å². The lowest BCUT2D eigenvalue weighted by molar-refractivity contribution is -0.138. The highest BCUT2D eigenvalue weighted by Crippen LogP contribution is 2.10. The third-order valence-electron chi connectivity index (χ3n) is 3.62. The second kappa shape index (κ2) is 7.73. The number of carbonyl (C=O) groups is 2. The topological polar surface area (TPSA) is 73.7 Å². The molecular weight excluding hydrogens is 270 g/mol. The van der Waals surface area contributed by atoms with E-state index in [1.54, 1.807) is 12.4 Å². The molecule has 114 valence electrons. The van der Waals surface area contributed by atoms with Crippen molar-refractivity contribution in [3.8, 4) is 0 Å². The minimum absolute atomic E-state index is 0.0400. The van der Waals surface area contributed by atoms with Crippen LogP contribution in [0.2, 0.25) is 0 Å². The van der Waals surface area contributed by atoms with Crippen molar-refractivity contribution < 1.29 is 14.7 Å². The lowest BCUT2D eigenvalue weighted by Crippen LogP contribution is -2.39. The van der Waals surface area contributed by atoms with Crippen LogP contribution in [0.25, 0.3) is 0 Å². The Morgan fingerprint density at radius 3 is 2.52 bits per heavy atom. The van der Waals surface area contributed by atoms with Crippen LogP contribution in [0.15, 0.2) is 24.5 Å². The maximum Gasteiger partial charge on any atom is 0.304 e. The summed E-state index contributed by atoms with van der Waals surface area (Å²) in [7, 11) is 0. The highest BCUT2D eigenvalue weighted by Gasteiger charge is 2.20. The first-order valence-corrected chi connectivity index (χ1v) is 7.26. The Morgan fingerprint density at radius 1 is 1.24 bits per heavy atom. The van der Waals surface area contributed by atoms with E-state index in [0.29, 0.717) is 13.1 Å². The Labute approximate surface area is 124 Å². The summed E-state index contributed by atoms with van der Waals surface area (Å²) >= 11 is 0. The van der Waals surface area contributed by atoms with Crippen molar-refractivity contribution in [3.63, 3.8) is 0 Å². The summed E-state index contributed by atoms with van der Waals surface area (Å²) in [5.41, 5.74) is 1.03. The van der Waals surface area contributed by atoms with Crippen molar-refractivity contribution in [2.45, 2.75) is 25.8 Å². The summed E-state index contributed by atoms with van der Waals surface area (Å²) in [6.45, 7) is 2.85. The van der Waals surface area contributed by atoms with Crippen LogP contribution in [0, 0.1) is 0 Å². The average molecular weight is 291 g/mol. The Kier molecular flexibility index (Phi) is 5.68. The van der Waals surface area contributed by atoms with Crippen LogP contribution < -0.4 is 0 Å². The van der Waals surface area contributed by atoms with E-state index in [4.69, 9.17) is 5.11 Å². The molecule has 1 amide bonds. The molecule has 0 radical (unpaired) electrons. The molecule has 2 heterocycles.